The highest BCUT2D eigenvalue weighted by Crippen LogP contribution is 2.07. The number of benzene rings is 1. The van der Waals surface area contributed by atoms with Crippen LogP contribution in [0.3, 0.4) is 0 Å². The van der Waals surface area contributed by atoms with E-state index in [1.54, 1.807) is 0 Å². The predicted octanol–water partition coefficient (Wildman–Crippen LogP) is 4.35. The van der Waals surface area contributed by atoms with E-state index in [1.807, 2.05) is 39.0 Å². The van der Waals surface area contributed by atoms with E-state index in [0.29, 0.717) is 6.67 Å². The van der Waals surface area contributed by atoms with E-state index in [2.05, 4.69) is 36.0 Å². The summed E-state index contributed by atoms with van der Waals surface area (Å²) in [6.45, 7) is 10.8. The molecule has 2 nitrogen and oxygen atoms in total. The van der Waals surface area contributed by atoms with Gasteiger partial charge >= 0.3 is 0 Å². The molecule has 1 heterocycles. The van der Waals surface area contributed by atoms with E-state index in [-0.39, 0.29) is 0 Å². The van der Waals surface area contributed by atoms with Crippen molar-refractivity contribution in [3.05, 3.63) is 35.9 Å². The van der Waals surface area contributed by atoms with Crippen molar-refractivity contribution in [2.45, 2.75) is 41.0 Å². The molecule has 0 aliphatic carbocycles. The summed E-state index contributed by atoms with van der Waals surface area (Å²) >= 11 is 0. The Labute approximate surface area is 106 Å². The molecule has 0 N–H and O–H groups in total. The fourth-order valence-corrected chi connectivity index (χ4v) is 1.30. The monoisotopic (exact) mass is 232 g/mol. The topological polar surface area (TPSA) is 24.7 Å². The van der Waals surface area contributed by atoms with Crippen LogP contribution in [0, 0.1) is 0 Å². The van der Waals surface area contributed by atoms with E-state index < -0.39 is 0 Å². The third-order valence-electron chi connectivity index (χ3n) is 1.93. The van der Waals surface area contributed by atoms with Crippen molar-refractivity contribution in [3.8, 4) is 0 Å². The molecule has 0 saturated carbocycles. The van der Waals surface area contributed by atoms with Gasteiger partial charge in [-0.3, -0.25) is 9.98 Å². The lowest BCUT2D eigenvalue weighted by molar-refractivity contribution is 1.09. The Morgan fingerprint density at radius 3 is 1.94 bits per heavy atom. The van der Waals surface area contributed by atoms with Gasteiger partial charge in [-0.2, -0.15) is 0 Å². The van der Waals surface area contributed by atoms with E-state index in [1.165, 1.54) is 6.42 Å². The molecule has 0 atom stereocenters. The molecule has 94 valence electrons. The maximum absolute atomic E-state index is 4.30. The molecule has 0 unspecified atom stereocenters. The first-order valence-corrected chi connectivity index (χ1v) is 6.40. The Morgan fingerprint density at radius 1 is 1.00 bits per heavy atom. The van der Waals surface area contributed by atoms with Crippen LogP contribution < -0.4 is 0 Å². The van der Waals surface area contributed by atoms with Crippen LogP contribution in [-0.2, 0) is 0 Å². The molecule has 0 fully saturated rings. The molecule has 2 heteroatoms. The largest absolute Gasteiger partial charge is 0.264 e. The molecule has 0 amide bonds. The highest BCUT2D eigenvalue weighted by molar-refractivity contribution is 6.48. The summed E-state index contributed by atoms with van der Waals surface area (Å²) in [5.41, 5.74) is 3.24. The summed E-state index contributed by atoms with van der Waals surface area (Å²) in [5.74, 6) is 0. The maximum atomic E-state index is 4.30. The van der Waals surface area contributed by atoms with Gasteiger partial charge in [0.2, 0.25) is 0 Å². The summed E-state index contributed by atoms with van der Waals surface area (Å²) in [5, 5.41) is 0. The number of hydrogen-bond acceptors (Lipinski definition) is 2. The molecule has 1 aliphatic rings. The van der Waals surface area contributed by atoms with Crippen molar-refractivity contribution >= 4 is 11.4 Å². The number of aliphatic imine (C=N–C) groups is 2. The van der Waals surface area contributed by atoms with Crippen molar-refractivity contribution in [1.29, 1.82) is 0 Å². The van der Waals surface area contributed by atoms with Crippen LogP contribution in [0.1, 0.15) is 46.6 Å². The van der Waals surface area contributed by atoms with E-state index >= 15 is 0 Å². The predicted molar refractivity (Wildman–Crippen MR) is 78.3 cm³/mol. The van der Waals surface area contributed by atoms with Gasteiger partial charge in [0.25, 0.3) is 0 Å². The lowest BCUT2D eigenvalue weighted by Crippen LogP contribution is -2.07. The lowest BCUT2D eigenvalue weighted by Gasteiger charge is -1.98. The van der Waals surface area contributed by atoms with Crippen LogP contribution in [-0.4, -0.2) is 18.1 Å². The molecule has 0 spiro atoms. The summed E-state index contributed by atoms with van der Waals surface area (Å²) < 4.78 is 0. The molecule has 1 aliphatic heterocycles. The molecule has 1 aromatic rings. The van der Waals surface area contributed by atoms with Gasteiger partial charge in [0.05, 0.1) is 11.4 Å². The zero-order valence-electron chi connectivity index (χ0n) is 11.7. The van der Waals surface area contributed by atoms with Gasteiger partial charge in [-0.05, 0) is 6.92 Å². The third kappa shape index (κ3) is 5.43. The first-order valence-electron chi connectivity index (χ1n) is 6.40. The quantitative estimate of drug-likeness (QED) is 0.687. The SMILES string of the molecule is CC.CC1=NCN=C1c1ccccc1.CCC. The summed E-state index contributed by atoms with van der Waals surface area (Å²) in [6.07, 6.45) is 1.25. The Kier molecular flexibility index (Phi) is 8.94. The van der Waals surface area contributed by atoms with E-state index in [0.717, 1.165) is 17.0 Å². The highest BCUT2D eigenvalue weighted by Gasteiger charge is 2.09. The number of nitrogens with zero attached hydrogens (tertiary/aromatic N) is 2. The van der Waals surface area contributed by atoms with Crippen molar-refractivity contribution in [3.63, 3.8) is 0 Å². The minimum atomic E-state index is 0.593. The minimum absolute atomic E-state index is 0.593. The van der Waals surface area contributed by atoms with Gasteiger partial charge in [-0.15, -0.1) is 0 Å². The van der Waals surface area contributed by atoms with E-state index in [9.17, 15) is 0 Å². The second-order valence-corrected chi connectivity index (χ2v) is 3.46. The van der Waals surface area contributed by atoms with Crippen molar-refractivity contribution in [1.82, 2.24) is 0 Å². The smallest absolute Gasteiger partial charge is 0.130 e. The van der Waals surface area contributed by atoms with Gasteiger partial charge in [-0.1, -0.05) is 64.4 Å². The third-order valence-corrected chi connectivity index (χ3v) is 1.93. The van der Waals surface area contributed by atoms with Gasteiger partial charge in [0.1, 0.15) is 6.67 Å². The van der Waals surface area contributed by atoms with Crippen LogP contribution in [0.4, 0.5) is 0 Å². The molecule has 0 aromatic heterocycles. The maximum Gasteiger partial charge on any atom is 0.130 e. The van der Waals surface area contributed by atoms with Crippen molar-refractivity contribution < 1.29 is 0 Å². The summed E-state index contributed by atoms with van der Waals surface area (Å²) in [7, 11) is 0. The Morgan fingerprint density at radius 2 is 1.53 bits per heavy atom. The van der Waals surface area contributed by atoms with Crippen molar-refractivity contribution in [2.75, 3.05) is 6.67 Å². The molecular formula is C15H24N2. The first-order chi connectivity index (χ1) is 8.29. The standard InChI is InChI=1S/C10H10N2.C3H8.C2H6/c1-8-10(12-7-11-8)9-5-3-2-4-6-9;1-3-2;1-2/h2-6H,7H2,1H3;3H2,1-2H3;1-2H3. The summed E-state index contributed by atoms with van der Waals surface area (Å²) in [6, 6.07) is 10.2. The van der Waals surface area contributed by atoms with E-state index in [4.69, 9.17) is 0 Å². The molecule has 0 bridgehead atoms. The Balaban J connectivity index is 0.000000450. The minimum Gasteiger partial charge on any atom is -0.264 e. The van der Waals surface area contributed by atoms with Gasteiger partial charge in [0.15, 0.2) is 0 Å². The summed E-state index contributed by atoms with van der Waals surface area (Å²) in [4.78, 5) is 8.51. The second-order valence-electron chi connectivity index (χ2n) is 3.46. The van der Waals surface area contributed by atoms with Crippen molar-refractivity contribution in [2.24, 2.45) is 9.98 Å². The van der Waals surface area contributed by atoms with Crippen LogP contribution in [0.15, 0.2) is 40.3 Å². The molecule has 0 radical (unpaired) electrons. The fraction of sp³-hybridized carbons (Fsp3) is 0.467. The Bertz CT molecular complexity index is 350. The number of rotatable bonds is 1. The van der Waals surface area contributed by atoms with Gasteiger partial charge in [0, 0.05) is 5.56 Å². The first kappa shape index (κ1) is 15.6. The molecule has 2 rings (SSSR count). The zero-order chi connectivity index (χ0) is 13.1. The van der Waals surface area contributed by atoms with Crippen LogP contribution in [0.5, 0.6) is 0 Å². The second kappa shape index (κ2) is 9.76. The Hall–Kier alpha value is -1.44. The average Bonchev–Trinajstić information content (AvgIpc) is 2.80. The normalized spacial score (nSPS) is 12.5. The molecule has 0 saturated heterocycles. The lowest BCUT2D eigenvalue weighted by atomic mass is 10.1. The molecule has 17 heavy (non-hydrogen) atoms. The molecule has 1 aromatic carbocycles. The zero-order valence-corrected chi connectivity index (χ0v) is 11.7. The van der Waals surface area contributed by atoms with Crippen LogP contribution >= 0.6 is 0 Å². The highest BCUT2D eigenvalue weighted by atomic mass is 15.0. The van der Waals surface area contributed by atoms with Gasteiger partial charge < -0.3 is 0 Å². The van der Waals surface area contributed by atoms with Gasteiger partial charge in [-0.25, -0.2) is 0 Å². The number of hydrogen-bond donors (Lipinski definition) is 0. The van der Waals surface area contributed by atoms with Crippen LogP contribution in [0.2, 0.25) is 0 Å². The average molecular weight is 232 g/mol. The fourth-order valence-electron chi connectivity index (χ4n) is 1.30. The van der Waals surface area contributed by atoms with Crippen LogP contribution in [0.25, 0.3) is 0 Å². The molecular weight excluding hydrogens is 208 g/mol.